The predicted octanol–water partition coefficient (Wildman–Crippen LogP) is 1.49. The Morgan fingerprint density at radius 2 is 2.08 bits per heavy atom. The molecule has 0 fully saturated rings. The van der Waals surface area contributed by atoms with Crippen LogP contribution in [0.2, 0.25) is 0 Å². The van der Waals surface area contributed by atoms with Crippen LogP contribution in [0.15, 0.2) is 30.3 Å². The molecule has 3 aromatic rings. The van der Waals surface area contributed by atoms with Gasteiger partial charge in [0, 0.05) is 18.1 Å². The van der Waals surface area contributed by atoms with E-state index in [1.165, 1.54) is 11.8 Å². The molecule has 8 heteroatoms. The van der Waals surface area contributed by atoms with Crippen molar-refractivity contribution >= 4 is 16.8 Å². The molecule has 130 valence electrons. The summed E-state index contributed by atoms with van der Waals surface area (Å²) < 4.78 is 12.1. The first-order valence-corrected chi connectivity index (χ1v) is 7.81. The number of pyridine rings is 1. The van der Waals surface area contributed by atoms with E-state index in [1.807, 2.05) is 37.3 Å². The Kier molecular flexibility index (Phi) is 4.78. The fourth-order valence-electron chi connectivity index (χ4n) is 2.38. The maximum atomic E-state index is 12.0. The normalized spacial score (nSPS) is 10.7. The summed E-state index contributed by atoms with van der Waals surface area (Å²) in [6.07, 6.45) is 0. The number of amides is 1. The second-order valence-corrected chi connectivity index (χ2v) is 5.43. The first kappa shape index (κ1) is 16.7. The van der Waals surface area contributed by atoms with Crippen molar-refractivity contribution in [2.75, 3.05) is 20.3 Å². The molecule has 0 bridgehead atoms. The van der Waals surface area contributed by atoms with Gasteiger partial charge in [-0.1, -0.05) is 18.2 Å². The van der Waals surface area contributed by atoms with Crippen LogP contribution in [-0.2, 0) is 7.05 Å². The SMILES string of the molecule is COc1nc(C(=O)NCCOc2cccc3ccc(C)nc23)nn1C. The lowest BCUT2D eigenvalue weighted by atomic mass is 10.2. The molecule has 1 N–H and O–H groups in total. The van der Waals surface area contributed by atoms with Gasteiger partial charge in [-0.25, -0.2) is 9.67 Å². The molecule has 0 spiro atoms. The highest BCUT2D eigenvalue weighted by Gasteiger charge is 2.14. The van der Waals surface area contributed by atoms with Crippen molar-refractivity contribution < 1.29 is 14.3 Å². The summed E-state index contributed by atoms with van der Waals surface area (Å²) in [4.78, 5) is 20.5. The fraction of sp³-hybridized carbons (Fsp3) is 0.294. The van der Waals surface area contributed by atoms with Gasteiger partial charge in [-0.05, 0) is 19.1 Å². The van der Waals surface area contributed by atoms with E-state index < -0.39 is 0 Å². The van der Waals surface area contributed by atoms with Gasteiger partial charge in [0.2, 0.25) is 5.82 Å². The summed E-state index contributed by atoms with van der Waals surface area (Å²) >= 11 is 0. The lowest BCUT2D eigenvalue weighted by Crippen LogP contribution is -2.29. The predicted molar refractivity (Wildman–Crippen MR) is 91.9 cm³/mol. The smallest absolute Gasteiger partial charge is 0.314 e. The molecule has 0 atom stereocenters. The third-order valence-electron chi connectivity index (χ3n) is 3.58. The quantitative estimate of drug-likeness (QED) is 0.683. The summed E-state index contributed by atoms with van der Waals surface area (Å²) in [5.74, 6) is 0.365. The van der Waals surface area contributed by atoms with Crippen LogP contribution >= 0.6 is 0 Å². The number of ether oxygens (including phenoxy) is 2. The highest BCUT2D eigenvalue weighted by Crippen LogP contribution is 2.23. The van der Waals surface area contributed by atoms with Crippen molar-refractivity contribution in [3.63, 3.8) is 0 Å². The van der Waals surface area contributed by atoms with Crippen LogP contribution in [0, 0.1) is 6.92 Å². The summed E-state index contributed by atoms with van der Waals surface area (Å²) in [6.45, 7) is 2.57. The van der Waals surface area contributed by atoms with Crippen LogP contribution in [0.3, 0.4) is 0 Å². The average molecular weight is 341 g/mol. The van der Waals surface area contributed by atoms with E-state index in [2.05, 4.69) is 20.4 Å². The van der Waals surface area contributed by atoms with E-state index in [0.717, 1.165) is 16.6 Å². The number of aromatic nitrogens is 4. The Labute approximate surface area is 144 Å². The van der Waals surface area contributed by atoms with Gasteiger partial charge in [0.15, 0.2) is 0 Å². The molecule has 25 heavy (non-hydrogen) atoms. The largest absolute Gasteiger partial charge is 0.489 e. The van der Waals surface area contributed by atoms with Crippen molar-refractivity contribution in [1.29, 1.82) is 0 Å². The number of rotatable bonds is 6. The van der Waals surface area contributed by atoms with Crippen molar-refractivity contribution in [1.82, 2.24) is 25.1 Å². The highest BCUT2D eigenvalue weighted by atomic mass is 16.5. The lowest BCUT2D eigenvalue weighted by molar-refractivity contribution is 0.0936. The minimum Gasteiger partial charge on any atom is -0.489 e. The number of aryl methyl sites for hydroxylation is 2. The van der Waals surface area contributed by atoms with E-state index in [-0.39, 0.29) is 17.7 Å². The van der Waals surface area contributed by atoms with Crippen LogP contribution in [0.5, 0.6) is 11.8 Å². The maximum Gasteiger partial charge on any atom is 0.314 e. The Morgan fingerprint density at radius 1 is 1.24 bits per heavy atom. The molecule has 1 amide bonds. The van der Waals surface area contributed by atoms with E-state index >= 15 is 0 Å². The topological polar surface area (TPSA) is 91.2 Å². The van der Waals surface area contributed by atoms with Crippen LogP contribution in [0.25, 0.3) is 10.9 Å². The molecule has 0 aliphatic heterocycles. The Hall–Kier alpha value is -3.16. The van der Waals surface area contributed by atoms with Gasteiger partial charge in [0.25, 0.3) is 5.91 Å². The third-order valence-corrected chi connectivity index (χ3v) is 3.58. The van der Waals surface area contributed by atoms with Crippen molar-refractivity contribution in [2.24, 2.45) is 7.05 Å². The summed E-state index contributed by atoms with van der Waals surface area (Å²) in [6, 6.07) is 10.0. The van der Waals surface area contributed by atoms with Gasteiger partial charge in [-0.15, -0.1) is 5.10 Å². The number of nitrogens with zero attached hydrogens (tertiary/aromatic N) is 4. The molecule has 2 heterocycles. The zero-order chi connectivity index (χ0) is 17.8. The second kappa shape index (κ2) is 7.16. The molecule has 1 aromatic carbocycles. The first-order chi connectivity index (χ1) is 12.1. The molecule has 0 aliphatic carbocycles. The second-order valence-electron chi connectivity index (χ2n) is 5.43. The molecule has 0 saturated heterocycles. The van der Waals surface area contributed by atoms with Gasteiger partial charge < -0.3 is 14.8 Å². The van der Waals surface area contributed by atoms with Crippen LogP contribution < -0.4 is 14.8 Å². The number of benzene rings is 1. The van der Waals surface area contributed by atoms with Gasteiger partial charge in [-0.2, -0.15) is 4.98 Å². The zero-order valence-corrected chi connectivity index (χ0v) is 14.3. The summed E-state index contributed by atoms with van der Waals surface area (Å²) in [5.41, 5.74) is 1.73. The van der Waals surface area contributed by atoms with Gasteiger partial charge >= 0.3 is 6.01 Å². The minimum absolute atomic E-state index is 0.0572. The molecule has 0 unspecified atom stereocenters. The monoisotopic (exact) mass is 341 g/mol. The molecule has 0 aliphatic rings. The Balaban J connectivity index is 1.58. The Bertz CT molecular complexity index is 906. The number of para-hydroxylation sites is 1. The number of hydrogen-bond acceptors (Lipinski definition) is 6. The van der Waals surface area contributed by atoms with Gasteiger partial charge in [0.1, 0.15) is 17.9 Å². The van der Waals surface area contributed by atoms with Crippen molar-refractivity contribution in [3.05, 3.63) is 41.9 Å². The van der Waals surface area contributed by atoms with E-state index in [9.17, 15) is 4.79 Å². The number of methoxy groups -OCH3 is 1. The molecular formula is C17H19N5O3. The molecular weight excluding hydrogens is 322 g/mol. The zero-order valence-electron chi connectivity index (χ0n) is 14.3. The number of fused-ring (bicyclic) bond motifs is 1. The summed E-state index contributed by atoms with van der Waals surface area (Å²) in [5, 5.41) is 7.71. The molecule has 0 radical (unpaired) electrons. The molecule has 3 rings (SSSR count). The average Bonchev–Trinajstić information content (AvgIpc) is 2.99. The number of carbonyl (C=O) groups is 1. The van der Waals surface area contributed by atoms with Crippen LogP contribution in [-0.4, -0.2) is 45.9 Å². The lowest BCUT2D eigenvalue weighted by Gasteiger charge is -2.09. The number of nitrogens with one attached hydrogen (secondary N) is 1. The first-order valence-electron chi connectivity index (χ1n) is 7.81. The van der Waals surface area contributed by atoms with Gasteiger partial charge in [-0.3, -0.25) is 4.79 Å². The molecule has 2 aromatic heterocycles. The van der Waals surface area contributed by atoms with Crippen LogP contribution in [0.4, 0.5) is 0 Å². The fourth-order valence-corrected chi connectivity index (χ4v) is 2.38. The van der Waals surface area contributed by atoms with E-state index in [0.29, 0.717) is 18.9 Å². The third kappa shape index (κ3) is 3.68. The van der Waals surface area contributed by atoms with E-state index in [1.54, 1.807) is 7.05 Å². The number of hydrogen-bond donors (Lipinski definition) is 1. The standard InChI is InChI=1S/C17H19N5O3/c1-11-7-8-12-5-4-6-13(14(12)19-11)25-10-9-18-16(23)15-20-17(24-3)22(2)21-15/h4-8H,9-10H2,1-3H3,(H,18,23). The maximum absolute atomic E-state index is 12.0. The highest BCUT2D eigenvalue weighted by molar-refractivity contribution is 5.90. The minimum atomic E-state index is -0.380. The Morgan fingerprint density at radius 3 is 2.84 bits per heavy atom. The van der Waals surface area contributed by atoms with Crippen molar-refractivity contribution in [3.8, 4) is 11.8 Å². The van der Waals surface area contributed by atoms with E-state index in [4.69, 9.17) is 9.47 Å². The molecule has 8 nitrogen and oxygen atoms in total. The van der Waals surface area contributed by atoms with Crippen LogP contribution in [0.1, 0.15) is 16.3 Å². The van der Waals surface area contributed by atoms with Gasteiger partial charge in [0.05, 0.1) is 13.7 Å². The summed E-state index contributed by atoms with van der Waals surface area (Å²) in [7, 11) is 3.13. The van der Waals surface area contributed by atoms with Crippen molar-refractivity contribution in [2.45, 2.75) is 6.92 Å². The number of carbonyl (C=O) groups excluding carboxylic acids is 1. The molecule has 0 saturated carbocycles.